The predicted octanol–water partition coefficient (Wildman–Crippen LogP) is 3.47. The van der Waals surface area contributed by atoms with Gasteiger partial charge in [0.1, 0.15) is 21.1 Å². The molecule has 276 valence electrons. The van der Waals surface area contributed by atoms with Gasteiger partial charge in [0, 0.05) is 103 Å². The minimum Gasteiger partial charge on any atom is -0.354 e. The molecule has 0 atom stereocenters. The summed E-state index contributed by atoms with van der Waals surface area (Å²) in [6.45, 7) is 0. The Morgan fingerprint density at radius 1 is 0.321 bits per heavy atom. The number of aryl methyl sites for hydroxylation is 3. The van der Waals surface area contributed by atoms with Crippen LogP contribution in [0.25, 0.3) is 22.3 Å². The zero-order chi connectivity index (χ0) is 38.8. The Kier molecular flexibility index (Phi) is 8.26. The molecule has 9 rings (SSSR count). The van der Waals surface area contributed by atoms with Crippen LogP contribution in [0.2, 0.25) is 0 Å². The third kappa shape index (κ3) is 5.77. The molecule has 56 heavy (non-hydrogen) atoms. The third-order valence-corrected chi connectivity index (χ3v) is 10.2. The van der Waals surface area contributed by atoms with Crippen LogP contribution < -0.4 is 35.1 Å². The molecule has 0 saturated carbocycles. The molecule has 7 nitrogen and oxygen atoms in total. The van der Waals surface area contributed by atoms with Crippen molar-refractivity contribution < 1.29 is 35.7 Å². The van der Waals surface area contributed by atoms with E-state index in [-0.39, 0.29) is 16.6 Å². The first kappa shape index (κ1) is 34.7. The van der Waals surface area contributed by atoms with E-state index >= 15 is 8.78 Å². The van der Waals surface area contributed by atoms with Crippen LogP contribution in [0.4, 0.5) is 22.0 Å². The third-order valence-electron chi connectivity index (χ3n) is 10.2. The molecule has 8 aromatic rings. The summed E-state index contributed by atoms with van der Waals surface area (Å²) in [6.07, 6.45) is 11.5. The van der Waals surface area contributed by atoms with Gasteiger partial charge in [-0.3, -0.25) is 0 Å². The average molecular weight is 755 g/mol. The normalized spacial score (nSPS) is 12.9. The number of nitrogens with zero attached hydrogens (tertiary/aromatic N) is 3. The highest BCUT2D eigenvalue weighted by Crippen LogP contribution is 2.32. The molecule has 0 spiro atoms. The van der Waals surface area contributed by atoms with Crippen LogP contribution in [0.5, 0.6) is 0 Å². The number of aromatic amines is 4. The summed E-state index contributed by atoms with van der Waals surface area (Å²) in [4.78, 5) is 13.9. The molecule has 4 N–H and O–H groups in total. The SMILES string of the molecule is C[n+]1ccc(C2=c3ccc([nH]3)=C(c3cc[n+](C)cc3)c3ccc([nH]3)C(c3c(F)c(F)c(F)c(F)c3F)=c3ccc([nH]3)=C(c3cc[n+](C)cc3)c3ccc2[nH]3)cc1. The summed E-state index contributed by atoms with van der Waals surface area (Å²) in [5.74, 6) is -10.2. The first-order valence-electron chi connectivity index (χ1n) is 17.7. The molecule has 1 aromatic carbocycles. The largest absolute Gasteiger partial charge is 0.354 e. The Labute approximate surface area is 316 Å². The van der Waals surface area contributed by atoms with Gasteiger partial charge >= 0.3 is 0 Å². The van der Waals surface area contributed by atoms with E-state index in [0.717, 1.165) is 33.3 Å². The number of halogens is 5. The fraction of sp³-hybridized carbons (Fsp3) is 0.0682. The van der Waals surface area contributed by atoms with E-state index in [9.17, 15) is 13.2 Å². The van der Waals surface area contributed by atoms with Gasteiger partial charge < -0.3 is 19.9 Å². The van der Waals surface area contributed by atoms with Crippen molar-refractivity contribution in [2.45, 2.75) is 0 Å². The fourth-order valence-corrected chi connectivity index (χ4v) is 7.36. The molecule has 1 aliphatic heterocycles. The molecule has 12 heteroatoms. The standard InChI is InChI=1S/C44H31F5N7/c1-54-18-12-24(13-19-54)35-27-4-6-29(50-27)36(25-14-20-55(2)21-15-25)31-8-10-33(52-31)38(39-40(45)42(47)44(49)43(48)41(39)46)34-11-9-32(53-34)37(30-7-5-28(35)51-30)26-16-22-56(3)23-17-26/h4-23H,1-3H3,(H2,50,51,52,53)/q+1/p+2. The Morgan fingerprint density at radius 2 is 0.589 bits per heavy atom. The van der Waals surface area contributed by atoms with Crippen molar-refractivity contribution in [3.8, 4) is 0 Å². The average Bonchev–Trinajstić information content (AvgIpc) is 4.04. The van der Waals surface area contributed by atoms with E-state index in [2.05, 4.69) is 19.9 Å². The summed E-state index contributed by atoms with van der Waals surface area (Å²) in [5, 5.41) is 2.17. The van der Waals surface area contributed by atoms with Gasteiger partial charge in [-0.05, 0) is 65.2 Å². The number of nitrogens with one attached hydrogen (secondary N) is 4. The van der Waals surface area contributed by atoms with Crippen LogP contribution in [-0.4, -0.2) is 19.9 Å². The van der Waals surface area contributed by atoms with Crippen LogP contribution in [-0.2, 0) is 21.1 Å². The number of hydrogen-bond donors (Lipinski definition) is 4. The first-order valence-corrected chi connectivity index (χ1v) is 17.7. The second-order valence-electron chi connectivity index (χ2n) is 13.8. The number of hydrogen-bond acceptors (Lipinski definition) is 0. The van der Waals surface area contributed by atoms with E-state index in [1.807, 2.05) is 133 Å². The Balaban J connectivity index is 1.46. The molecule has 8 bridgehead atoms. The maximum Gasteiger partial charge on any atom is 0.200 e. The van der Waals surface area contributed by atoms with Gasteiger partial charge in [-0.1, -0.05) is 0 Å². The van der Waals surface area contributed by atoms with Gasteiger partial charge in [0.05, 0.1) is 5.56 Å². The molecule has 0 amide bonds. The van der Waals surface area contributed by atoms with Gasteiger partial charge in [0.25, 0.3) is 0 Å². The molecule has 8 heterocycles. The zero-order valence-corrected chi connectivity index (χ0v) is 30.3. The summed E-state index contributed by atoms with van der Waals surface area (Å²) < 4.78 is 81.8. The number of pyridine rings is 3. The Bertz CT molecular complexity index is 3070. The van der Waals surface area contributed by atoms with Gasteiger partial charge in [-0.25, -0.2) is 35.7 Å². The van der Waals surface area contributed by atoms with E-state index in [1.165, 1.54) is 0 Å². The monoisotopic (exact) mass is 754 g/mol. The summed E-state index contributed by atoms with van der Waals surface area (Å²) >= 11 is 0. The van der Waals surface area contributed by atoms with Gasteiger partial charge in [0.15, 0.2) is 60.4 Å². The lowest BCUT2D eigenvalue weighted by molar-refractivity contribution is -0.671. The predicted molar refractivity (Wildman–Crippen MR) is 197 cm³/mol. The highest BCUT2D eigenvalue weighted by Gasteiger charge is 2.30. The quantitative estimate of drug-likeness (QED) is 0.0921. The molecule has 0 fully saturated rings. The fourth-order valence-electron chi connectivity index (χ4n) is 7.36. The van der Waals surface area contributed by atoms with E-state index < -0.39 is 34.6 Å². The minimum atomic E-state index is -2.23. The molecule has 0 unspecified atom stereocenters. The first-order chi connectivity index (χ1) is 27.0. The van der Waals surface area contributed by atoms with E-state index in [0.29, 0.717) is 33.2 Å². The van der Waals surface area contributed by atoms with Gasteiger partial charge in [-0.15, -0.1) is 0 Å². The second-order valence-corrected chi connectivity index (χ2v) is 13.8. The maximum atomic E-state index is 15.9. The number of fused-ring (bicyclic) bond motifs is 8. The maximum absolute atomic E-state index is 15.9. The molecule has 1 aliphatic rings. The van der Waals surface area contributed by atoms with Gasteiger partial charge in [-0.2, -0.15) is 0 Å². The van der Waals surface area contributed by atoms with Crippen molar-refractivity contribution in [2.24, 2.45) is 21.1 Å². The smallest absolute Gasteiger partial charge is 0.200 e. The lowest BCUT2D eigenvalue weighted by Gasteiger charge is -2.12. The summed E-state index contributed by atoms with van der Waals surface area (Å²) in [6, 6.07) is 26.3. The highest BCUT2D eigenvalue weighted by molar-refractivity contribution is 5.84. The zero-order valence-electron chi connectivity index (χ0n) is 30.3. The highest BCUT2D eigenvalue weighted by atomic mass is 19.2. The van der Waals surface area contributed by atoms with E-state index in [1.54, 1.807) is 24.3 Å². The molecule has 0 saturated heterocycles. The van der Waals surface area contributed by atoms with Gasteiger partial charge in [0.2, 0.25) is 5.82 Å². The van der Waals surface area contributed by atoms with Crippen LogP contribution in [0, 0.1) is 29.1 Å². The topological polar surface area (TPSA) is 74.8 Å². The van der Waals surface area contributed by atoms with Crippen molar-refractivity contribution in [1.82, 2.24) is 19.9 Å². The molecular weight excluding hydrogens is 722 g/mol. The molecule has 7 aromatic heterocycles. The van der Waals surface area contributed by atoms with Crippen molar-refractivity contribution in [3.63, 3.8) is 0 Å². The van der Waals surface area contributed by atoms with Crippen molar-refractivity contribution in [1.29, 1.82) is 0 Å². The number of rotatable bonds is 4. The summed E-state index contributed by atoms with van der Waals surface area (Å²) in [7, 11) is 5.75. The molecular formula is C44H33F5N7+3. The van der Waals surface area contributed by atoms with Crippen LogP contribution in [0.3, 0.4) is 0 Å². The lowest BCUT2D eigenvalue weighted by atomic mass is 10.00. The second kappa shape index (κ2) is 13.3. The van der Waals surface area contributed by atoms with Crippen LogP contribution >= 0.6 is 0 Å². The lowest BCUT2D eigenvalue weighted by Crippen LogP contribution is -2.27. The Morgan fingerprint density at radius 3 is 0.911 bits per heavy atom. The van der Waals surface area contributed by atoms with Crippen LogP contribution in [0.15, 0.2) is 122 Å². The van der Waals surface area contributed by atoms with Crippen LogP contribution in [0.1, 0.15) is 45.0 Å². The number of benzene rings is 1. The summed E-state index contributed by atoms with van der Waals surface area (Å²) in [5.41, 5.74) is 5.75. The molecule has 0 aliphatic carbocycles. The van der Waals surface area contributed by atoms with Crippen molar-refractivity contribution in [2.75, 3.05) is 0 Å². The molecule has 0 radical (unpaired) electrons. The number of H-pyrrole nitrogens is 4. The Hall–Kier alpha value is -7.08. The minimum absolute atomic E-state index is 0.120. The number of aromatic nitrogens is 7. The van der Waals surface area contributed by atoms with E-state index in [4.69, 9.17) is 0 Å². The van der Waals surface area contributed by atoms with Crippen molar-refractivity contribution in [3.05, 3.63) is 218 Å². The van der Waals surface area contributed by atoms with Crippen molar-refractivity contribution >= 4 is 22.3 Å².